The zero-order chi connectivity index (χ0) is 17.2. The molecule has 8 heteroatoms. The number of hydrogen-bond acceptors (Lipinski definition) is 5. The number of nitrogens with one attached hydrogen (secondary N) is 1. The lowest BCUT2D eigenvalue weighted by molar-refractivity contribution is -0.122. The van der Waals surface area contributed by atoms with Crippen molar-refractivity contribution in [3.63, 3.8) is 0 Å². The number of benzene rings is 1. The minimum absolute atomic E-state index is 0.0604. The lowest BCUT2D eigenvalue weighted by atomic mass is 10.1. The maximum absolute atomic E-state index is 12.2. The van der Waals surface area contributed by atoms with E-state index >= 15 is 0 Å². The molecule has 2 rings (SSSR count). The van der Waals surface area contributed by atoms with Gasteiger partial charge in [0.1, 0.15) is 5.75 Å². The molecule has 1 fully saturated rings. The number of likely N-dealkylation sites (N-methyl/N-ethyl adjacent to an activating group) is 1. The second-order valence-electron chi connectivity index (χ2n) is 5.85. The zero-order valence-electron chi connectivity index (χ0n) is 13.1. The fourth-order valence-corrected chi connectivity index (χ4v) is 4.17. The van der Waals surface area contributed by atoms with Gasteiger partial charge in [-0.3, -0.25) is 9.59 Å². The average molecular weight is 340 g/mol. The third-order valence-corrected chi connectivity index (χ3v) is 5.48. The van der Waals surface area contributed by atoms with Crippen LogP contribution in [0.1, 0.15) is 22.3 Å². The van der Waals surface area contributed by atoms with Crippen molar-refractivity contribution < 1.29 is 23.1 Å². The standard InChI is InChI=1S/C15H20N2O5S/c1-10-3-4-12(13(18)7-10)15(20)17(2)8-14(19)16-11-5-6-23(21,22)9-11/h3-4,7,11,18H,5-6,8-9H2,1-2H3,(H,16,19)/t11-/m0/s1. The maximum Gasteiger partial charge on any atom is 0.257 e. The molecule has 1 heterocycles. The molecule has 1 aliphatic rings. The molecule has 0 aliphatic carbocycles. The van der Waals surface area contributed by atoms with Gasteiger partial charge in [-0.15, -0.1) is 0 Å². The number of hydrogen-bond donors (Lipinski definition) is 2. The number of nitrogens with zero attached hydrogens (tertiary/aromatic N) is 1. The molecular weight excluding hydrogens is 320 g/mol. The number of aryl methyl sites for hydroxylation is 1. The second-order valence-corrected chi connectivity index (χ2v) is 8.08. The molecule has 7 nitrogen and oxygen atoms in total. The van der Waals surface area contributed by atoms with Crippen LogP contribution < -0.4 is 5.32 Å². The van der Waals surface area contributed by atoms with E-state index in [-0.39, 0.29) is 29.4 Å². The van der Waals surface area contributed by atoms with Gasteiger partial charge in [0.15, 0.2) is 9.84 Å². The monoisotopic (exact) mass is 340 g/mol. The van der Waals surface area contributed by atoms with Crippen molar-refractivity contribution in [2.24, 2.45) is 0 Å². The molecule has 2 amide bonds. The Kier molecular flexibility index (Phi) is 4.93. The summed E-state index contributed by atoms with van der Waals surface area (Å²) >= 11 is 0. The van der Waals surface area contributed by atoms with Crippen LogP contribution in [0.15, 0.2) is 18.2 Å². The van der Waals surface area contributed by atoms with E-state index in [0.29, 0.717) is 6.42 Å². The Labute approximate surface area is 135 Å². The topological polar surface area (TPSA) is 104 Å². The van der Waals surface area contributed by atoms with Crippen LogP contribution in [0.5, 0.6) is 5.75 Å². The second kappa shape index (κ2) is 6.57. The number of carbonyl (C=O) groups excluding carboxylic acids is 2. The first-order valence-electron chi connectivity index (χ1n) is 7.23. The fourth-order valence-electron chi connectivity index (χ4n) is 2.50. The normalized spacial score (nSPS) is 19.3. The summed E-state index contributed by atoms with van der Waals surface area (Å²) in [5, 5.41) is 12.4. The number of carbonyl (C=O) groups is 2. The summed E-state index contributed by atoms with van der Waals surface area (Å²) in [7, 11) is -1.62. The summed E-state index contributed by atoms with van der Waals surface area (Å²) in [5.74, 6) is -1.02. The maximum atomic E-state index is 12.2. The number of phenolic OH excluding ortho intramolecular Hbond substituents is 1. The highest BCUT2D eigenvalue weighted by Gasteiger charge is 2.29. The molecule has 0 unspecified atom stereocenters. The van der Waals surface area contributed by atoms with Crippen molar-refractivity contribution in [2.45, 2.75) is 19.4 Å². The highest BCUT2D eigenvalue weighted by molar-refractivity contribution is 7.91. The largest absolute Gasteiger partial charge is 0.507 e. The van der Waals surface area contributed by atoms with Crippen LogP contribution in [0, 0.1) is 6.92 Å². The predicted molar refractivity (Wildman–Crippen MR) is 85.0 cm³/mol. The average Bonchev–Trinajstić information content (AvgIpc) is 2.76. The van der Waals surface area contributed by atoms with E-state index in [1.807, 2.05) is 0 Å². The Balaban J connectivity index is 1.94. The van der Waals surface area contributed by atoms with E-state index in [9.17, 15) is 23.1 Å². The summed E-state index contributed by atoms with van der Waals surface area (Å²) in [6.07, 6.45) is 0.393. The number of rotatable bonds is 4. The first-order valence-corrected chi connectivity index (χ1v) is 9.05. The molecule has 0 spiro atoms. The van der Waals surface area contributed by atoms with Gasteiger partial charge in [0.2, 0.25) is 5.91 Å². The van der Waals surface area contributed by atoms with Gasteiger partial charge in [-0.2, -0.15) is 0 Å². The molecule has 1 aromatic carbocycles. The predicted octanol–water partition coefficient (Wildman–Crippen LogP) is 0.0759. The van der Waals surface area contributed by atoms with Gasteiger partial charge < -0.3 is 15.3 Å². The van der Waals surface area contributed by atoms with Crippen molar-refractivity contribution in [1.29, 1.82) is 0 Å². The van der Waals surface area contributed by atoms with Gasteiger partial charge in [0.05, 0.1) is 23.6 Å². The molecule has 126 valence electrons. The molecule has 23 heavy (non-hydrogen) atoms. The van der Waals surface area contributed by atoms with Gasteiger partial charge in [0.25, 0.3) is 5.91 Å². The van der Waals surface area contributed by atoms with Crippen LogP contribution in [0.3, 0.4) is 0 Å². The van der Waals surface area contributed by atoms with Gasteiger partial charge in [-0.1, -0.05) is 6.07 Å². The van der Waals surface area contributed by atoms with Crippen molar-refractivity contribution in [3.8, 4) is 5.75 Å². The van der Waals surface area contributed by atoms with Crippen molar-refractivity contribution in [3.05, 3.63) is 29.3 Å². The van der Waals surface area contributed by atoms with Crippen LogP contribution in [0.25, 0.3) is 0 Å². The molecular formula is C15H20N2O5S. The van der Waals surface area contributed by atoms with Gasteiger partial charge in [0, 0.05) is 13.1 Å². The number of sulfone groups is 1. The molecule has 0 saturated carbocycles. The van der Waals surface area contributed by atoms with E-state index in [2.05, 4.69) is 5.32 Å². The smallest absolute Gasteiger partial charge is 0.257 e. The molecule has 0 aromatic heterocycles. The van der Waals surface area contributed by atoms with Crippen LogP contribution >= 0.6 is 0 Å². The number of amides is 2. The number of aromatic hydroxyl groups is 1. The molecule has 1 aromatic rings. The highest BCUT2D eigenvalue weighted by Crippen LogP contribution is 2.19. The van der Waals surface area contributed by atoms with Crippen molar-refractivity contribution in [1.82, 2.24) is 10.2 Å². The van der Waals surface area contributed by atoms with E-state index in [0.717, 1.165) is 5.56 Å². The van der Waals surface area contributed by atoms with Gasteiger partial charge >= 0.3 is 0 Å². The quantitative estimate of drug-likeness (QED) is 0.808. The Morgan fingerprint density at radius 3 is 2.65 bits per heavy atom. The molecule has 0 bridgehead atoms. The Bertz CT molecular complexity index is 729. The zero-order valence-corrected chi connectivity index (χ0v) is 13.9. The van der Waals surface area contributed by atoms with Crippen molar-refractivity contribution in [2.75, 3.05) is 25.1 Å². The molecule has 1 saturated heterocycles. The summed E-state index contributed by atoms with van der Waals surface area (Å²) in [4.78, 5) is 25.4. The van der Waals surface area contributed by atoms with Crippen LogP contribution in [-0.2, 0) is 14.6 Å². The van der Waals surface area contributed by atoms with E-state index in [4.69, 9.17) is 0 Å². The molecule has 1 aliphatic heterocycles. The minimum Gasteiger partial charge on any atom is -0.507 e. The lowest BCUT2D eigenvalue weighted by Gasteiger charge is -2.19. The molecule has 2 N–H and O–H groups in total. The van der Waals surface area contributed by atoms with E-state index < -0.39 is 27.7 Å². The summed E-state index contributed by atoms with van der Waals surface area (Å²) < 4.78 is 22.7. The minimum atomic E-state index is -3.07. The third kappa shape index (κ3) is 4.44. The van der Waals surface area contributed by atoms with E-state index in [1.54, 1.807) is 13.0 Å². The van der Waals surface area contributed by atoms with Crippen LogP contribution in [0.2, 0.25) is 0 Å². The van der Waals surface area contributed by atoms with E-state index in [1.165, 1.54) is 24.1 Å². The summed E-state index contributed by atoms with van der Waals surface area (Å²) in [5.41, 5.74) is 0.941. The first-order chi connectivity index (χ1) is 10.7. The fraction of sp³-hybridized carbons (Fsp3) is 0.467. The van der Waals surface area contributed by atoms with Gasteiger partial charge in [-0.05, 0) is 31.0 Å². The lowest BCUT2D eigenvalue weighted by Crippen LogP contribution is -2.43. The first kappa shape index (κ1) is 17.3. The molecule has 1 atom stereocenters. The SMILES string of the molecule is Cc1ccc(C(=O)N(C)CC(=O)N[C@H]2CCS(=O)(=O)C2)c(O)c1. The van der Waals surface area contributed by atoms with Gasteiger partial charge in [-0.25, -0.2) is 8.42 Å². The Morgan fingerprint density at radius 2 is 2.09 bits per heavy atom. The van der Waals surface area contributed by atoms with Crippen LogP contribution in [0.4, 0.5) is 0 Å². The van der Waals surface area contributed by atoms with Crippen molar-refractivity contribution >= 4 is 21.7 Å². The highest BCUT2D eigenvalue weighted by atomic mass is 32.2. The summed E-state index contributed by atoms with van der Waals surface area (Å²) in [6.45, 7) is 1.59. The number of phenols is 1. The molecule has 0 radical (unpaired) electrons. The van der Waals surface area contributed by atoms with Crippen LogP contribution in [-0.4, -0.2) is 61.4 Å². The summed E-state index contributed by atoms with van der Waals surface area (Å²) in [6, 6.07) is 4.28. The third-order valence-electron chi connectivity index (χ3n) is 3.71. The Hall–Kier alpha value is -2.09. The Morgan fingerprint density at radius 1 is 1.39 bits per heavy atom.